The molecule has 0 saturated carbocycles. The topological polar surface area (TPSA) is 0 Å². The number of rotatable bonds is 0. The maximum Gasteiger partial charge on any atom is 0 e. The summed E-state index contributed by atoms with van der Waals surface area (Å²) in [6.45, 7) is 5.00. The zero-order valence-electron chi connectivity index (χ0n) is 2.21. The molecule has 0 aliphatic heterocycles. The minimum atomic E-state index is 0. The fraction of sp³-hybridized carbons (Fsp3) is 0.750. The van der Waals surface area contributed by atoms with Crippen LogP contribution in [0.3, 0.4) is 0 Å². The molecule has 0 amide bonds. The van der Waals surface area contributed by atoms with Gasteiger partial charge in [-0.3, -0.25) is 0 Å². The van der Waals surface area contributed by atoms with Crippen LogP contribution in [0.4, 0.5) is 0 Å². The molecule has 0 rings (SSSR count). The van der Waals surface area contributed by atoms with E-state index in [9.17, 15) is 0 Å². The van der Waals surface area contributed by atoms with Crippen molar-refractivity contribution in [3.8, 4) is 0 Å². The summed E-state index contributed by atoms with van der Waals surface area (Å²) >= 11 is 0. The van der Waals surface area contributed by atoms with Gasteiger partial charge in [-0.15, -0.1) is 0 Å². The van der Waals surface area contributed by atoms with Crippen molar-refractivity contribution < 1.29 is 0 Å². The third kappa shape index (κ3) is 49.4. The van der Waals surface area contributed by atoms with E-state index < -0.39 is 0 Å². The molecule has 0 unspecified atom stereocenters. The maximum atomic E-state index is 3.25. The minimum Gasteiger partial charge on any atom is -0.0776 e. The van der Waals surface area contributed by atoms with Crippen LogP contribution in [0.2, 0.25) is 0 Å². The smallest absolute Gasteiger partial charge is 0 e. The molecule has 0 heterocycles. The van der Waals surface area contributed by atoms with E-state index in [-0.39, 0.29) is 42.2 Å². The van der Waals surface area contributed by atoms with Crippen LogP contribution < -0.4 is 0 Å². The van der Waals surface area contributed by atoms with Gasteiger partial charge in [0, 0.05) is 27.3 Å². The van der Waals surface area contributed by atoms with Gasteiger partial charge in [0.15, 0.2) is 0 Å². The SMILES string of the molecule is C.C.[CH2]C.[Pb]. The normalized spacial score (nSPS) is 1.20. The van der Waals surface area contributed by atoms with Crippen molar-refractivity contribution in [2.45, 2.75) is 21.8 Å². The first-order chi connectivity index (χ1) is 1.00. The molecule has 0 atom stereocenters. The second-order valence-corrected chi connectivity index (χ2v) is 0. The van der Waals surface area contributed by atoms with Crippen LogP contribution in [0.15, 0.2) is 0 Å². The van der Waals surface area contributed by atoms with E-state index in [1.807, 2.05) is 0 Å². The summed E-state index contributed by atoms with van der Waals surface area (Å²) in [7, 11) is 0. The summed E-state index contributed by atoms with van der Waals surface area (Å²) in [5.74, 6) is 0. The van der Waals surface area contributed by atoms with E-state index in [1.54, 1.807) is 6.92 Å². The van der Waals surface area contributed by atoms with Crippen molar-refractivity contribution >= 4 is 27.3 Å². The average Bonchev–Trinajstić information content (AvgIpc) is 1.00. The summed E-state index contributed by atoms with van der Waals surface area (Å²) in [5, 5.41) is 0. The first-order valence-electron chi connectivity index (χ1n) is 0.707. The van der Waals surface area contributed by atoms with Gasteiger partial charge in [0.25, 0.3) is 0 Å². The van der Waals surface area contributed by atoms with Crippen molar-refractivity contribution in [3.63, 3.8) is 0 Å². The van der Waals surface area contributed by atoms with Crippen molar-refractivity contribution in [1.29, 1.82) is 0 Å². The molecule has 0 fully saturated rings. The van der Waals surface area contributed by atoms with Crippen LogP contribution >= 0.6 is 0 Å². The van der Waals surface area contributed by atoms with E-state index in [2.05, 4.69) is 6.92 Å². The molecule has 0 aromatic heterocycles. The molecule has 1 heteroatoms. The fourth-order valence-corrected chi connectivity index (χ4v) is 0. The van der Waals surface area contributed by atoms with Gasteiger partial charge in [-0.25, -0.2) is 0 Å². The van der Waals surface area contributed by atoms with Crippen molar-refractivity contribution in [1.82, 2.24) is 0 Å². The quantitative estimate of drug-likeness (QED) is 0.587. The molecule has 0 N–H and O–H groups in total. The van der Waals surface area contributed by atoms with Crippen molar-refractivity contribution in [2.24, 2.45) is 0 Å². The molecular formula is C4H13Pb. The molecule has 0 saturated heterocycles. The molecule has 33 valence electrons. The van der Waals surface area contributed by atoms with Crippen LogP contribution in [0.25, 0.3) is 0 Å². The molecule has 0 aromatic carbocycles. The second kappa shape index (κ2) is 89.1. The predicted octanol–water partition coefficient (Wildman–Crippen LogP) is 1.73. The summed E-state index contributed by atoms with van der Waals surface area (Å²) < 4.78 is 0. The monoisotopic (exact) mass is 269 g/mol. The molecule has 0 aromatic rings. The van der Waals surface area contributed by atoms with E-state index in [0.717, 1.165) is 0 Å². The average molecular weight is 268 g/mol. The second-order valence-electron chi connectivity index (χ2n) is 0. The third-order valence-electron chi connectivity index (χ3n) is 0. The van der Waals surface area contributed by atoms with Crippen molar-refractivity contribution in [2.75, 3.05) is 0 Å². The largest absolute Gasteiger partial charge is 0.0776 e. The van der Waals surface area contributed by atoms with Gasteiger partial charge in [0.2, 0.25) is 0 Å². The molecular weight excluding hydrogens is 255 g/mol. The summed E-state index contributed by atoms with van der Waals surface area (Å²) in [6.07, 6.45) is 0. The van der Waals surface area contributed by atoms with Gasteiger partial charge in [0.1, 0.15) is 0 Å². The minimum absolute atomic E-state index is 0. The third-order valence-corrected chi connectivity index (χ3v) is 0. The van der Waals surface area contributed by atoms with Crippen LogP contribution in [0.5, 0.6) is 0 Å². The van der Waals surface area contributed by atoms with E-state index in [1.165, 1.54) is 0 Å². The predicted molar refractivity (Wildman–Crippen MR) is 30.2 cm³/mol. The molecule has 0 aliphatic carbocycles. The Morgan fingerprint density at radius 3 is 1.00 bits per heavy atom. The zero-order chi connectivity index (χ0) is 2.00. The Morgan fingerprint density at radius 2 is 1.00 bits per heavy atom. The maximum absolute atomic E-state index is 3.25. The fourth-order valence-electron chi connectivity index (χ4n) is 0. The van der Waals surface area contributed by atoms with E-state index >= 15 is 0 Å². The Hall–Kier alpha value is 0.922. The Balaban J connectivity index is -0.00000000167. The van der Waals surface area contributed by atoms with Gasteiger partial charge in [-0.05, 0) is 0 Å². The van der Waals surface area contributed by atoms with Gasteiger partial charge < -0.3 is 0 Å². The summed E-state index contributed by atoms with van der Waals surface area (Å²) in [5.41, 5.74) is 0. The van der Waals surface area contributed by atoms with Gasteiger partial charge in [-0.1, -0.05) is 28.7 Å². The Bertz CT molecular complexity index is 3.61. The molecule has 0 nitrogen and oxygen atoms in total. The standard InChI is InChI=1S/C2H5.2CH4.Pb/c1-2;;;/h1H2,2H3;2*1H4;. The molecule has 0 spiro atoms. The first-order valence-corrected chi connectivity index (χ1v) is 0.707. The zero-order valence-corrected chi connectivity index (χ0v) is 6.09. The summed E-state index contributed by atoms with van der Waals surface area (Å²) in [6, 6.07) is 0. The first kappa shape index (κ1) is 38.8. The van der Waals surface area contributed by atoms with Gasteiger partial charge >= 0.3 is 0 Å². The molecule has 0 bridgehead atoms. The van der Waals surface area contributed by atoms with E-state index in [4.69, 9.17) is 0 Å². The van der Waals surface area contributed by atoms with Gasteiger partial charge in [0.05, 0.1) is 0 Å². The molecule has 5 radical (unpaired) electrons. The summed E-state index contributed by atoms with van der Waals surface area (Å²) in [4.78, 5) is 0. The van der Waals surface area contributed by atoms with Crippen LogP contribution in [-0.2, 0) is 0 Å². The Kier molecular flexibility index (Phi) is 692. The molecule has 0 aliphatic rings. The van der Waals surface area contributed by atoms with Gasteiger partial charge in [-0.2, -0.15) is 0 Å². The van der Waals surface area contributed by atoms with Crippen LogP contribution in [0, 0.1) is 6.92 Å². The van der Waals surface area contributed by atoms with Crippen LogP contribution in [-0.4, -0.2) is 27.3 Å². The Morgan fingerprint density at radius 1 is 1.00 bits per heavy atom. The van der Waals surface area contributed by atoms with Crippen molar-refractivity contribution in [3.05, 3.63) is 6.92 Å². The van der Waals surface area contributed by atoms with E-state index in [0.29, 0.717) is 0 Å². The van der Waals surface area contributed by atoms with Crippen LogP contribution in [0.1, 0.15) is 21.8 Å². The molecule has 5 heavy (non-hydrogen) atoms. The Labute approximate surface area is 56.1 Å². The number of hydrogen-bond donors (Lipinski definition) is 0. The number of hydrogen-bond acceptors (Lipinski definition) is 0.